The van der Waals surface area contributed by atoms with E-state index in [0.717, 1.165) is 11.1 Å². The number of hydrogen-bond acceptors (Lipinski definition) is 3. The van der Waals surface area contributed by atoms with Gasteiger partial charge in [-0.1, -0.05) is 66.7 Å². The lowest BCUT2D eigenvalue weighted by molar-refractivity contribution is 0.510. The van der Waals surface area contributed by atoms with Gasteiger partial charge in [0.25, 0.3) is 0 Å². The van der Waals surface area contributed by atoms with Crippen molar-refractivity contribution in [3.05, 3.63) is 83.1 Å². The molecule has 0 saturated heterocycles. The Balaban J connectivity index is 1.67. The molecule has 3 nitrogen and oxygen atoms in total. The standard InChI is InChI=1S/C19H16N2O/c1-15-20-21-19(22-15)14-13-18-11-9-17(10-12-18)8-7-16-5-3-2-4-6-16/h2-14H,1H3. The Kier molecular flexibility index (Phi) is 4.25. The van der Waals surface area contributed by atoms with E-state index in [1.807, 2.05) is 30.4 Å². The predicted octanol–water partition coefficient (Wildman–Crippen LogP) is 4.72. The van der Waals surface area contributed by atoms with Crippen LogP contribution >= 0.6 is 0 Å². The summed E-state index contributed by atoms with van der Waals surface area (Å²) in [4.78, 5) is 0. The summed E-state index contributed by atoms with van der Waals surface area (Å²) >= 11 is 0. The summed E-state index contributed by atoms with van der Waals surface area (Å²) in [5.41, 5.74) is 3.44. The van der Waals surface area contributed by atoms with Crippen LogP contribution in [0.2, 0.25) is 0 Å². The molecule has 2 aromatic carbocycles. The summed E-state index contributed by atoms with van der Waals surface area (Å²) in [6, 6.07) is 18.5. The van der Waals surface area contributed by atoms with Gasteiger partial charge in [0, 0.05) is 13.0 Å². The van der Waals surface area contributed by atoms with Crippen molar-refractivity contribution in [1.82, 2.24) is 10.2 Å². The van der Waals surface area contributed by atoms with E-state index in [-0.39, 0.29) is 0 Å². The highest BCUT2D eigenvalue weighted by atomic mass is 16.4. The lowest BCUT2D eigenvalue weighted by Gasteiger charge is -1.96. The molecule has 0 radical (unpaired) electrons. The van der Waals surface area contributed by atoms with Crippen molar-refractivity contribution >= 4 is 24.3 Å². The Morgan fingerprint density at radius 3 is 1.77 bits per heavy atom. The Morgan fingerprint density at radius 2 is 1.23 bits per heavy atom. The van der Waals surface area contributed by atoms with Crippen LogP contribution in [0, 0.1) is 6.92 Å². The Hall–Kier alpha value is -2.94. The average Bonchev–Trinajstić information content (AvgIpc) is 2.98. The van der Waals surface area contributed by atoms with Gasteiger partial charge in [-0.05, 0) is 22.8 Å². The van der Waals surface area contributed by atoms with Gasteiger partial charge in [0.2, 0.25) is 11.8 Å². The summed E-state index contributed by atoms with van der Waals surface area (Å²) in [5.74, 6) is 1.09. The first-order valence-corrected chi connectivity index (χ1v) is 7.11. The summed E-state index contributed by atoms with van der Waals surface area (Å²) < 4.78 is 5.30. The molecule has 0 fully saturated rings. The first-order valence-electron chi connectivity index (χ1n) is 7.11. The predicted molar refractivity (Wildman–Crippen MR) is 89.8 cm³/mol. The first-order chi connectivity index (χ1) is 10.8. The molecule has 0 amide bonds. The van der Waals surface area contributed by atoms with Crippen molar-refractivity contribution in [2.75, 3.05) is 0 Å². The molecule has 0 aliphatic rings. The van der Waals surface area contributed by atoms with Crippen molar-refractivity contribution in [2.45, 2.75) is 6.92 Å². The fourth-order valence-corrected chi connectivity index (χ4v) is 2.02. The highest BCUT2D eigenvalue weighted by Gasteiger charge is 1.96. The lowest BCUT2D eigenvalue weighted by atomic mass is 10.1. The van der Waals surface area contributed by atoms with E-state index in [2.05, 4.69) is 58.7 Å². The minimum atomic E-state index is 0.519. The van der Waals surface area contributed by atoms with Crippen molar-refractivity contribution in [2.24, 2.45) is 0 Å². The summed E-state index contributed by atoms with van der Waals surface area (Å²) in [6.45, 7) is 1.78. The summed E-state index contributed by atoms with van der Waals surface area (Å²) in [6.07, 6.45) is 7.97. The number of hydrogen-bond donors (Lipinski definition) is 0. The monoisotopic (exact) mass is 288 g/mol. The van der Waals surface area contributed by atoms with Gasteiger partial charge >= 0.3 is 0 Å². The lowest BCUT2D eigenvalue weighted by Crippen LogP contribution is -1.76. The van der Waals surface area contributed by atoms with Crippen molar-refractivity contribution in [3.8, 4) is 0 Å². The van der Waals surface area contributed by atoms with Crippen molar-refractivity contribution in [3.63, 3.8) is 0 Å². The van der Waals surface area contributed by atoms with Crippen LogP contribution in [0.1, 0.15) is 28.5 Å². The van der Waals surface area contributed by atoms with Gasteiger partial charge in [-0.25, -0.2) is 0 Å². The molecule has 0 aliphatic heterocycles. The van der Waals surface area contributed by atoms with Crippen LogP contribution in [0.25, 0.3) is 24.3 Å². The molecular formula is C19H16N2O. The maximum Gasteiger partial charge on any atom is 0.240 e. The first kappa shape index (κ1) is 14.0. The maximum atomic E-state index is 5.30. The van der Waals surface area contributed by atoms with E-state index in [1.54, 1.807) is 6.92 Å². The highest BCUT2D eigenvalue weighted by Crippen LogP contribution is 2.12. The zero-order chi connectivity index (χ0) is 15.2. The molecule has 0 aliphatic carbocycles. The second kappa shape index (κ2) is 6.68. The molecule has 0 N–H and O–H groups in total. The van der Waals surface area contributed by atoms with Crippen LogP contribution in [0.4, 0.5) is 0 Å². The van der Waals surface area contributed by atoms with Crippen LogP contribution in [0.3, 0.4) is 0 Å². The Morgan fingerprint density at radius 1 is 0.682 bits per heavy atom. The fourth-order valence-electron chi connectivity index (χ4n) is 2.02. The van der Waals surface area contributed by atoms with Gasteiger partial charge in [-0.2, -0.15) is 0 Å². The summed E-state index contributed by atoms with van der Waals surface area (Å²) in [5, 5.41) is 7.72. The molecule has 108 valence electrons. The zero-order valence-corrected chi connectivity index (χ0v) is 12.3. The smallest absolute Gasteiger partial charge is 0.240 e. The molecule has 3 rings (SSSR count). The van der Waals surface area contributed by atoms with E-state index in [1.165, 1.54) is 5.56 Å². The molecule has 0 atom stereocenters. The van der Waals surface area contributed by atoms with Gasteiger partial charge in [0.05, 0.1) is 0 Å². The average molecular weight is 288 g/mol. The number of rotatable bonds is 4. The van der Waals surface area contributed by atoms with Crippen LogP contribution < -0.4 is 0 Å². The number of aryl methyl sites for hydroxylation is 1. The van der Waals surface area contributed by atoms with Gasteiger partial charge in [-0.15, -0.1) is 10.2 Å². The van der Waals surface area contributed by atoms with Gasteiger partial charge in [0.15, 0.2) is 0 Å². The second-order valence-electron chi connectivity index (χ2n) is 4.90. The molecule has 0 unspecified atom stereocenters. The van der Waals surface area contributed by atoms with Crippen LogP contribution in [0.15, 0.2) is 59.0 Å². The molecule has 3 heteroatoms. The third kappa shape index (κ3) is 3.79. The largest absolute Gasteiger partial charge is 0.422 e. The third-order valence-electron chi connectivity index (χ3n) is 3.16. The number of nitrogens with zero attached hydrogens (tertiary/aromatic N) is 2. The fraction of sp³-hybridized carbons (Fsp3) is 0.0526. The van der Waals surface area contributed by atoms with Gasteiger partial charge in [-0.3, -0.25) is 0 Å². The van der Waals surface area contributed by atoms with Gasteiger partial charge < -0.3 is 4.42 Å². The van der Waals surface area contributed by atoms with Crippen LogP contribution in [-0.4, -0.2) is 10.2 Å². The molecule has 0 spiro atoms. The summed E-state index contributed by atoms with van der Waals surface area (Å²) in [7, 11) is 0. The van der Waals surface area contributed by atoms with E-state index >= 15 is 0 Å². The molecule has 3 aromatic rings. The topological polar surface area (TPSA) is 38.9 Å². The SMILES string of the molecule is Cc1nnc(C=Cc2ccc(C=Cc3ccccc3)cc2)o1. The van der Waals surface area contributed by atoms with E-state index in [4.69, 9.17) is 4.42 Å². The quantitative estimate of drug-likeness (QED) is 0.652. The van der Waals surface area contributed by atoms with E-state index in [0.29, 0.717) is 11.8 Å². The maximum absolute atomic E-state index is 5.30. The molecule has 22 heavy (non-hydrogen) atoms. The number of aromatic nitrogens is 2. The van der Waals surface area contributed by atoms with Crippen LogP contribution in [0.5, 0.6) is 0 Å². The van der Waals surface area contributed by atoms with Gasteiger partial charge in [0.1, 0.15) is 0 Å². The van der Waals surface area contributed by atoms with Crippen LogP contribution in [-0.2, 0) is 0 Å². The molecule has 1 heterocycles. The normalized spacial score (nSPS) is 11.5. The number of benzene rings is 2. The Bertz CT molecular complexity index is 784. The third-order valence-corrected chi connectivity index (χ3v) is 3.16. The van der Waals surface area contributed by atoms with E-state index < -0.39 is 0 Å². The van der Waals surface area contributed by atoms with Crippen molar-refractivity contribution in [1.29, 1.82) is 0 Å². The molecule has 0 saturated carbocycles. The molecule has 0 bridgehead atoms. The molecular weight excluding hydrogens is 272 g/mol. The van der Waals surface area contributed by atoms with Crippen molar-refractivity contribution < 1.29 is 4.42 Å². The van der Waals surface area contributed by atoms with E-state index in [9.17, 15) is 0 Å². The minimum absolute atomic E-state index is 0.519. The zero-order valence-electron chi connectivity index (χ0n) is 12.3. The highest BCUT2D eigenvalue weighted by molar-refractivity contribution is 5.71. The Labute approximate surface area is 129 Å². The second-order valence-corrected chi connectivity index (χ2v) is 4.90. The minimum Gasteiger partial charge on any atom is -0.422 e. The molecule has 1 aromatic heterocycles.